The quantitative estimate of drug-likeness (QED) is 0.295. The van der Waals surface area contributed by atoms with Crippen LogP contribution in [0.3, 0.4) is 0 Å². The van der Waals surface area contributed by atoms with Gasteiger partial charge >= 0.3 is 0 Å². The van der Waals surface area contributed by atoms with Gasteiger partial charge in [-0.2, -0.15) is 0 Å². The lowest BCUT2D eigenvalue weighted by atomic mass is 10.0. The molecule has 3 aromatic rings. The van der Waals surface area contributed by atoms with Crippen LogP contribution < -0.4 is 5.32 Å². The molecule has 0 heterocycles. The topological polar surface area (TPSA) is 49.4 Å². The van der Waals surface area contributed by atoms with Gasteiger partial charge in [-0.05, 0) is 41.3 Å². The van der Waals surface area contributed by atoms with Gasteiger partial charge in [-0.15, -0.1) is 11.8 Å². The number of halogens is 1. The molecule has 184 valence electrons. The van der Waals surface area contributed by atoms with E-state index in [1.807, 2.05) is 84.9 Å². The maximum absolute atomic E-state index is 13.6. The van der Waals surface area contributed by atoms with Crippen molar-refractivity contribution < 1.29 is 9.59 Å². The first-order valence-corrected chi connectivity index (χ1v) is 13.3. The van der Waals surface area contributed by atoms with Crippen molar-refractivity contribution in [1.82, 2.24) is 10.2 Å². The van der Waals surface area contributed by atoms with E-state index < -0.39 is 6.04 Å². The van der Waals surface area contributed by atoms with Crippen LogP contribution in [-0.4, -0.2) is 35.1 Å². The fraction of sp³-hybridized carbons (Fsp3) is 0.310. The highest BCUT2D eigenvalue weighted by Gasteiger charge is 2.30. The molecule has 0 radical (unpaired) electrons. The molecular formula is C29H33ClN2O2S. The zero-order chi connectivity index (χ0) is 25.0. The molecular weight excluding hydrogens is 476 g/mol. The van der Waals surface area contributed by atoms with E-state index in [0.29, 0.717) is 42.6 Å². The number of benzene rings is 3. The van der Waals surface area contributed by atoms with Gasteiger partial charge in [0, 0.05) is 41.6 Å². The summed E-state index contributed by atoms with van der Waals surface area (Å²) in [4.78, 5) is 29.8. The van der Waals surface area contributed by atoms with Crippen molar-refractivity contribution in [3.05, 3.63) is 101 Å². The van der Waals surface area contributed by atoms with Gasteiger partial charge in [0.15, 0.2) is 0 Å². The first kappa shape index (κ1) is 26.8. The van der Waals surface area contributed by atoms with E-state index in [9.17, 15) is 9.59 Å². The molecule has 0 saturated heterocycles. The molecule has 3 rings (SSSR count). The second-order valence-corrected chi connectivity index (χ2v) is 10.5. The van der Waals surface area contributed by atoms with E-state index in [1.165, 1.54) is 0 Å². The summed E-state index contributed by atoms with van der Waals surface area (Å²) in [6, 6.07) is 26.8. The molecule has 6 heteroatoms. The monoisotopic (exact) mass is 508 g/mol. The van der Waals surface area contributed by atoms with Gasteiger partial charge in [0.2, 0.25) is 11.8 Å². The third-order valence-electron chi connectivity index (χ3n) is 5.55. The summed E-state index contributed by atoms with van der Waals surface area (Å²) in [5.41, 5.74) is 2.03. The van der Waals surface area contributed by atoms with E-state index >= 15 is 0 Å². The van der Waals surface area contributed by atoms with Gasteiger partial charge in [0.05, 0.1) is 0 Å². The fourth-order valence-electron chi connectivity index (χ4n) is 3.69. The Hall–Kier alpha value is -2.76. The normalized spacial score (nSPS) is 11.8. The van der Waals surface area contributed by atoms with Gasteiger partial charge in [-0.1, -0.05) is 86.1 Å². The summed E-state index contributed by atoms with van der Waals surface area (Å²) in [6.45, 7) is 5.09. The van der Waals surface area contributed by atoms with Crippen LogP contribution in [-0.2, 0) is 22.6 Å². The molecule has 0 fully saturated rings. The molecule has 2 amide bonds. The Labute approximate surface area is 218 Å². The Kier molecular flexibility index (Phi) is 10.7. The summed E-state index contributed by atoms with van der Waals surface area (Å²) in [5.74, 6) is 0.802. The summed E-state index contributed by atoms with van der Waals surface area (Å²) in [5, 5.41) is 3.75. The van der Waals surface area contributed by atoms with Crippen molar-refractivity contribution in [2.75, 3.05) is 12.3 Å². The predicted molar refractivity (Wildman–Crippen MR) is 146 cm³/mol. The molecule has 1 unspecified atom stereocenters. The molecule has 0 bridgehead atoms. The van der Waals surface area contributed by atoms with Crippen molar-refractivity contribution in [2.24, 2.45) is 5.92 Å². The predicted octanol–water partition coefficient (Wildman–Crippen LogP) is 6.23. The van der Waals surface area contributed by atoms with Gasteiger partial charge < -0.3 is 10.2 Å². The zero-order valence-corrected chi connectivity index (χ0v) is 21.9. The van der Waals surface area contributed by atoms with Crippen molar-refractivity contribution in [1.29, 1.82) is 0 Å². The lowest BCUT2D eigenvalue weighted by molar-refractivity contribution is -0.141. The highest BCUT2D eigenvalue weighted by atomic mass is 35.5. The number of amides is 2. The van der Waals surface area contributed by atoms with Crippen LogP contribution in [0, 0.1) is 5.92 Å². The van der Waals surface area contributed by atoms with Crippen molar-refractivity contribution in [3.8, 4) is 0 Å². The Morgan fingerprint density at radius 2 is 1.49 bits per heavy atom. The van der Waals surface area contributed by atoms with Gasteiger partial charge in [-0.3, -0.25) is 9.59 Å². The summed E-state index contributed by atoms with van der Waals surface area (Å²) in [6.07, 6.45) is 0.802. The molecule has 0 saturated carbocycles. The van der Waals surface area contributed by atoms with Crippen LogP contribution in [0.25, 0.3) is 0 Å². The van der Waals surface area contributed by atoms with E-state index in [0.717, 1.165) is 16.0 Å². The highest BCUT2D eigenvalue weighted by Crippen LogP contribution is 2.22. The molecule has 3 aromatic carbocycles. The maximum atomic E-state index is 13.6. The van der Waals surface area contributed by atoms with Crippen molar-refractivity contribution >= 4 is 35.2 Å². The van der Waals surface area contributed by atoms with Gasteiger partial charge in [-0.25, -0.2) is 0 Å². The summed E-state index contributed by atoms with van der Waals surface area (Å²) in [7, 11) is 0. The fourth-order valence-corrected chi connectivity index (χ4v) is 4.65. The smallest absolute Gasteiger partial charge is 0.243 e. The lowest BCUT2D eigenvalue weighted by Gasteiger charge is -2.32. The number of carbonyl (C=O) groups excluding carboxylic acids is 2. The molecule has 35 heavy (non-hydrogen) atoms. The van der Waals surface area contributed by atoms with E-state index in [4.69, 9.17) is 11.6 Å². The average molecular weight is 509 g/mol. The zero-order valence-electron chi connectivity index (χ0n) is 20.3. The number of nitrogens with zero attached hydrogens (tertiary/aromatic N) is 1. The SMILES string of the molecule is CC(C)CNC(=O)C(Cc1ccccc1)N(Cc1ccccc1)C(=O)CCSc1ccc(Cl)cc1. The first-order valence-electron chi connectivity index (χ1n) is 12.0. The van der Waals surface area contributed by atoms with Crippen LogP contribution >= 0.6 is 23.4 Å². The van der Waals surface area contributed by atoms with Gasteiger partial charge in [0.25, 0.3) is 0 Å². The maximum Gasteiger partial charge on any atom is 0.243 e. The lowest BCUT2D eigenvalue weighted by Crippen LogP contribution is -2.51. The minimum atomic E-state index is -0.593. The molecule has 1 N–H and O–H groups in total. The third-order valence-corrected chi connectivity index (χ3v) is 6.82. The molecule has 0 aliphatic heterocycles. The van der Waals surface area contributed by atoms with Crippen LogP contribution in [0.5, 0.6) is 0 Å². The van der Waals surface area contributed by atoms with E-state index in [-0.39, 0.29) is 11.8 Å². The second kappa shape index (κ2) is 14.0. The van der Waals surface area contributed by atoms with Crippen LogP contribution in [0.2, 0.25) is 5.02 Å². The molecule has 4 nitrogen and oxygen atoms in total. The average Bonchev–Trinajstić information content (AvgIpc) is 2.87. The van der Waals surface area contributed by atoms with Crippen molar-refractivity contribution in [2.45, 2.75) is 44.2 Å². The highest BCUT2D eigenvalue weighted by molar-refractivity contribution is 7.99. The standard InChI is InChI=1S/C29H33ClN2O2S/c1-22(2)20-31-29(34)27(19-23-9-5-3-6-10-23)32(21-24-11-7-4-8-12-24)28(33)17-18-35-26-15-13-25(30)14-16-26/h3-16,22,27H,17-21H2,1-2H3,(H,31,34). The number of hydrogen-bond donors (Lipinski definition) is 1. The molecule has 0 spiro atoms. The second-order valence-electron chi connectivity index (χ2n) is 8.90. The van der Waals surface area contributed by atoms with Crippen LogP contribution in [0.15, 0.2) is 89.8 Å². The number of thioether (sulfide) groups is 1. The number of rotatable bonds is 12. The number of carbonyl (C=O) groups is 2. The molecule has 0 aliphatic carbocycles. The van der Waals surface area contributed by atoms with Crippen molar-refractivity contribution in [3.63, 3.8) is 0 Å². The Morgan fingerprint density at radius 1 is 0.886 bits per heavy atom. The first-order chi connectivity index (χ1) is 16.9. The van der Waals surface area contributed by atoms with E-state index in [1.54, 1.807) is 16.7 Å². The Morgan fingerprint density at radius 3 is 2.09 bits per heavy atom. The minimum Gasteiger partial charge on any atom is -0.354 e. The Bertz CT molecular complexity index is 1060. The van der Waals surface area contributed by atoms with Crippen LogP contribution in [0.1, 0.15) is 31.4 Å². The third kappa shape index (κ3) is 9.08. The van der Waals surface area contributed by atoms with Crippen LogP contribution in [0.4, 0.5) is 0 Å². The Balaban J connectivity index is 1.80. The number of hydrogen-bond acceptors (Lipinski definition) is 3. The summed E-state index contributed by atoms with van der Waals surface area (Å²) < 4.78 is 0. The largest absolute Gasteiger partial charge is 0.354 e. The minimum absolute atomic E-state index is 0.0315. The molecule has 0 aromatic heterocycles. The number of nitrogens with one attached hydrogen (secondary N) is 1. The summed E-state index contributed by atoms with van der Waals surface area (Å²) >= 11 is 7.60. The molecule has 1 atom stereocenters. The van der Waals surface area contributed by atoms with Gasteiger partial charge in [0.1, 0.15) is 6.04 Å². The van der Waals surface area contributed by atoms with E-state index in [2.05, 4.69) is 19.2 Å². The molecule has 0 aliphatic rings.